The van der Waals surface area contributed by atoms with E-state index in [1.165, 1.54) is 12.1 Å². The van der Waals surface area contributed by atoms with Crippen LogP contribution in [0.15, 0.2) is 84.9 Å². The maximum Gasteiger partial charge on any atom is 0.306 e. The zero-order chi connectivity index (χ0) is 27.2. The molecule has 0 bridgehead atoms. The molecule has 39 heavy (non-hydrogen) atoms. The Bertz CT molecular complexity index is 1400. The molecule has 0 radical (unpaired) electrons. The molecule has 3 aromatic carbocycles. The van der Waals surface area contributed by atoms with E-state index in [1.807, 2.05) is 60.7 Å². The number of rotatable bonds is 11. The zero-order valence-electron chi connectivity index (χ0n) is 21.1. The number of benzene rings is 3. The topological polar surface area (TPSA) is 80.7 Å². The highest BCUT2D eigenvalue weighted by Crippen LogP contribution is 2.36. The fourth-order valence-electron chi connectivity index (χ4n) is 4.49. The Balaban J connectivity index is 1.36. The number of ether oxygens (including phenoxy) is 2. The second kappa shape index (κ2) is 12.0. The van der Waals surface area contributed by atoms with Gasteiger partial charge in [0, 0.05) is 18.7 Å². The number of pyridine rings is 1. The van der Waals surface area contributed by atoms with Crippen molar-refractivity contribution in [2.45, 2.75) is 38.6 Å². The van der Waals surface area contributed by atoms with Crippen molar-refractivity contribution >= 4 is 5.97 Å². The van der Waals surface area contributed by atoms with Gasteiger partial charge in [-0.05, 0) is 47.7 Å². The van der Waals surface area contributed by atoms with Crippen molar-refractivity contribution in [3.05, 3.63) is 113 Å². The van der Waals surface area contributed by atoms with Crippen LogP contribution < -0.4 is 14.8 Å². The molecule has 2 N–H and O–H groups in total. The number of aliphatic carboxylic acids is 1. The van der Waals surface area contributed by atoms with Crippen molar-refractivity contribution < 1.29 is 28.2 Å². The molecule has 1 heterocycles. The molecule has 0 spiro atoms. The predicted molar refractivity (Wildman–Crippen MR) is 142 cm³/mol. The van der Waals surface area contributed by atoms with Crippen molar-refractivity contribution in [2.75, 3.05) is 0 Å². The third-order valence-electron chi connectivity index (χ3n) is 6.74. The fraction of sp³-hybridized carbons (Fsp3) is 0.226. The summed E-state index contributed by atoms with van der Waals surface area (Å²) in [6, 6.07) is 24.7. The van der Waals surface area contributed by atoms with Gasteiger partial charge in [-0.15, -0.1) is 0 Å². The maximum absolute atomic E-state index is 15.3. The predicted octanol–water partition coefficient (Wildman–Crippen LogP) is 6.14. The third kappa shape index (κ3) is 6.59. The molecule has 1 aliphatic carbocycles. The fourth-order valence-corrected chi connectivity index (χ4v) is 4.49. The molecule has 0 saturated heterocycles. The summed E-state index contributed by atoms with van der Waals surface area (Å²) in [6.45, 7) is 0.671. The van der Waals surface area contributed by atoms with Crippen molar-refractivity contribution in [1.29, 1.82) is 0 Å². The van der Waals surface area contributed by atoms with Crippen molar-refractivity contribution in [3.63, 3.8) is 0 Å². The van der Waals surface area contributed by atoms with Crippen LogP contribution in [0.2, 0.25) is 0 Å². The van der Waals surface area contributed by atoms with Crippen LogP contribution in [0, 0.1) is 17.6 Å². The number of hydrogen-bond donors (Lipinski definition) is 2. The van der Waals surface area contributed by atoms with Gasteiger partial charge >= 0.3 is 5.97 Å². The first-order valence-corrected chi connectivity index (χ1v) is 12.7. The van der Waals surface area contributed by atoms with E-state index < -0.39 is 17.6 Å². The molecule has 1 aromatic heterocycles. The molecule has 0 atom stereocenters. The van der Waals surface area contributed by atoms with Gasteiger partial charge in [0.1, 0.15) is 24.8 Å². The molecule has 1 aliphatic rings. The van der Waals surface area contributed by atoms with Crippen LogP contribution in [0.5, 0.6) is 11.8 Å². The number of carboxylic acids is 1. The first-order valence-electron chi connectivity index (χ1n) is 12.7. The normalized spacial score (nSPS) is 16.4. The number of nitrogens with zero attached hydrogens (tertiary/aromatic N) is 1. The standard InChI is InChI=1S/C31H28F2N2O4/c32-26-13-22(17-34-24-15-23(16-24)31(36)37)14-27(33)29(26)25-11-12-28(38-18-20-7-3-1-4-8-20)35-30(25)39-19-21-9-5-2-6-10-21/h1-14,23-24,34H,15-19H2,(H,36,37). The SMILES string of the molecule is O=C(O)C1CC(NCc2cc(F)c(-c3ccc(OCc4ccccc4)nc3OCc3ccccc3)c(F)c2)C1. The van der Waals surface area contributed by atoms with Crippen LogP contribution in [0.1, 0.15) is 29.5 Å². The Morgan fingerprint density at radius 1 is 0.846 bits per heavy atom. The van der Waals surface area contributed by atoms with Crippen LogP contribution in [-0.4, -0.2) is 22.1 Å². The molecule has 1 fully saturated rings. The molecule has 0 aliphatic heterocycles. The van der Waals surface area contributed by atoms with Gasteiger partial charge in [0.25, 0.3) is 0 Å². The maximum atomic E-state index is 15.3. The first kappa shape index (κ1) is 26.3. The number of carbonyl (C=O) groups is 1. The van der Waals surface area contributed by atoms with Crippen molar-refractivity contribution in [1.82, 2.24) is 10.3 Å². The second-order valence-corrected chi connectivity index (χ2v) is 9.57. The highest BCUT2D eigenvalue weighted by molar-refractivity contribution is 5.71. The molecular weight excluding hydrogens is 502 g/mol. The minimum absolute atomic E-state index is 0.0162. The van der Waals surface area contributed by atoms with Gasteiger partial charge in [-0.3, -0.25) is 4.79 Å². The number of carboxylic acid groups (broad SMARTS) is 1. The molecule has 0 unspecified atom stereocenters. The highest BCUT2D eigenvalue weighted by atomic mass is 19.1. The van der Waals surface area contributed by atoms with Crippen LogP contribution in [0.25, 0.3) is 11.1 Å². The largest absolute Gasteiger partial charge is 0.481 e. The molecule has 6 nitrogen and oxygen atoms in total. The lowest BCUT2D eigenvalue weighted by molar-refractivity contribution is -0.145. The minimum atomic E-state index is -0.815. The summed E-state index contributed by atoms with van der Waals surface area (Å²) in [4.78, 5) is 15.4. The van der Waals surface area contributed by atoms with Crippen LogP contribution >= 0.6 is 0 Å². The monoisotopic (exact) mass is 530 g/mol. The van der Waals surface area contributed by atoms with Gasteiger partial charge in [-0.25, -0.2) is 8.78 Å². The van der Waals surface area contributed by atoms with Gasteiger partial charge in [0.2, 0.25) is 11.8 Å². The molecule has 5 rings (SSSR count). The summed E-state index contributed by atoms with van der Waals surface area (Å²) < 4.78 is 42.5. The van der Waals surface area contributed by atoms with Crippen LogP contribution in [0.3, 0.4) is 0 Å². The summed E-state index contributed by atoms with van der Waals surface area (Å²) in [5, 5.41) is 12.2. The highest BCUT2D eigenvalue weighted by Gasteiger charge is 2.34. The van der Waals surface area contributed by atoms with E-state index in [0.717, 1.165) is 11.1 Å². The van der Waals surface area contributed by atoms with E-state index in [0.29, 0.717) is 18.4 Å². The molecule has 8 heteroatoms. The Labute approximate surface area is 225 Å². The summed E-state index contributed by atoms with van der Waals surface area (Å²) >= 11 is 0. The molecule has 4 aromatic rings. The Morgan fingerprint density at radius 2 is 1.44 bits per heavy atom. The average Bonchev–Trinajstić information content (AvgIpc) is 2.91. The number of halogens is 2. The van der Waals surface area contributed by atoms with Crippen LogP contribution in [0.4, 0.5) is 8.78 Å². The summed E-state index contributed by atoms with van der Waals surface area (Å²) in [5.74, 6) is -2.33. The minimum Gasteiger partial charge on any atom is -0.481 e. The third-order valence-corrected chi connectivity index (χ3v) is 6.74. The summed E-state index contributed by atoms with van der Waals surface area (Å²) in [7, 11) is 0. The van der Waals surface area contributed by atoms with Crippen LogP contribution in [-0.2, 0) is 24.6 Å². The summed E-state index contributed by atoms with van der Waals surface area (Å²) in [6.07, 6.45) is 1.01. The molecular formula is C31H28F2N2O4. The lowest BCUT2D eigenvalue weighted by Crippen LogP contribution is -2.43. The lowest BCUT2D eigenvalue weighted by Gasteiger charge is -2.33. The van der Waals surface area contributed by atoms with E-state index in [2.05, 4.69) is 10.3 Å². The van der Waals surface area contributed by atoms with Gasteiger partial charge in [-0.1, -0.05) is 60.7 Å². The van der Waals surface area contributed by atoms with E-state index in [4.69, 9.17) is 14.6 Å². The smallest absolute Gasteiger partial charge is 0.306 e. The molecule has 0 amide bonds. The Kier molecular flexibility index (Phi) is 8.13. The van der Waals surface area contributed by atoms with E-state index in [-0.39, 0.29) is 54.6 Å². The molecule has 200 valence electrons. The average molecular weight is 531 g/mol. The van der Waals surface area contributed by atoms with Gasteiger partial charge in [0.15, 0.2) is 0 Å². The van der Waals surface area contributed by atoms with Gasteiger partial charge < -0.3 is 19.9 Å². The van der Waals surface area contributed by atoms with E-state index >= 15 is 8.78 Å². The number of nitrogens with one attached hydrogen (secondary N) is 1. The lowest BCUT2D eigenvalue weighted by atomic mass is 9.80. The van der Waals surface area contributed by atoms with Gasteiger partial charge in [0.05, 0.1) is 17.0 Å². The number of aromatic nitrogens is 1. The zero-order valence-corrected chi connectivity index (χ0v) is 21.1. The van der Waals surface area contributed by atoms with E-state index in [9.17, 15) is 4.79 Å². The van der Waals surface area contributed by atoms with Gasteiger partial charge in [-0.2, -0.15) is 4.98 Å². The summed E-state index contributed by atoms with van der Waals surface area (Å²) in [5.41, 5.74) is 2.20. The number of hydrogen-bond acceptors (Lipinski definition) is 5. The Morgan fingerprint density at radius 3 is 2.03 bits per heavy atom. The van der Waals surface area contributed by atoms with Crippen molar-refractivity contribution in [2.24, 2.45) is 5.92 Å². The Hall–Kier alpha value is -4.30. The quantitative estimate of drug-likeness (QED) is 0.243. The second-order valence-electron chi connectivity index (χ2n) is 9.57. The van der Waals surface area contributed by atoms with E-state index in [1.54, 1.807) is 12.1 Å². The van der Waals surface area contributed by atoms with Crippen molar-refractivity contribution in [3.8, 4) is 22.9 Å². The first-order chi connectivity index (χ1) is 19.0. The molecule has 1 saturated carbocycles.